The largest absolute Gasteiger partial charge is 0.361 e. The molecule has 18 heavy (non-hydrogen) atoms. The number of rotatable bonds is 4. The highest BCUT2D eigenvalue weighted by atomic mass is 32.1. The SMILES string of the molecule is Cc1ccc(-c2csc(NCC(C)C)n2)cc1F. The number of hydrogen-bond acceptors (Lipinski definition) is 3. The molecule has 0 aliphatic rings. The van der Waals surface area contributed by atoms with Crippen molar-refractivity contribution >= 4 is 16.5 Å². The molecule has 2 rings (SSSR count). The summed E-state index contributed by atoms with van der Waals surface area (Å²) in [5.41, 5.74) is 2.31. The molecule has 4 heteroatoms. The predicted octanol–water partition coefficient (Wildman–Crippen LogP) is 4.33. The Hall–Kier alpha value is -1.42. The van der Waals surface area contributed by atoms with Gasteiger partial charge in [0, 0.05) is 17.5 Å². The molecule has 0 fully saturated rings. The number of benzene rings is 1. The van der Waals surface area contributed by atoms with Crippen molar-refractivity contribution in [2.75, 3.05) is 11.9 Å². The standard InChI is InChI=1S/C14H17FN2S/c1-9(2)7-16-14-17-13(8-18-14)11-5-4-10(3)12(15)6-11/h4-6,8-9H,7H2,1-3H3,(H,16,17). The molecular weight excluding hydrogens is 247 g/mol. The molecular formula is C14H17FN2S. The Morgan fingerprint density at radius 2 is 2.17 bits per heavy atom. The first-order chi connectivity index (χ1) is 8.56. The number of hydrogen-bond donors (Lipinski definition) is 1. The number of aryl methyl sites for hydroxylation is 1. The lowest BCUT2D eigenvalue weighted by atomic mass is 10.1. The quantitative estimate of drug-likeness (QED) is 0.889. The van der Waals surface area contributed by atoms with E-state index >= 15 is 0 Å². The Balaban J connectivity index is 2.16. The number of thiazole rings is 1. The maximum absolute atomic E-state index is 13.5. The average Bonchev–Trinajstić information content (AvgIpc) is 2.79. The van der Waals surface area contributed by atoms with Gasteiger partial charge in [-0.05, 0) is 24.5 Å². The molecule has 0 bridgehead atoms. The summed E-state index contributed by atoms with van der Waals surface area (Å²) in [5, 5.41) is 6.11. The van der Waals surface area contributed by atoms with E-state index in [1.807, 2.05) is 11.4 Å². The summed E-state index contributed by atoms with van der Waals surface area (Å²) >= 11 is 1.55. The number of nitrogens with one attached hydrogen (secondary N) is 1. The maximum atomic E-state index is 13.5. The molecule has 0 aliphatic heterocycles. The van der Waals surface area contributed by atoms with Crippen LogP contribution in [0.15, 0.2) is 23.6 Å². The van der Waals surface area contributed by atoms with E-state index in [9.17, 15) is 4.39 Å². The molecule has 0 radical (unpaired) electrons. The first-order valence-electron chi connectivity index (χ1n) is 6.02. The second-order valence-electron chi connectivity index (χ2n) is 4.78. The summed E-state index contributed by atoms with van der Waals surface area (Å²) in [4.78, 5) is 4.46. The third-order valence-corrected chi connectivity index (χ3v) is 3.43. The lowest BCUT2D eigenvalue weighted by Gasteiger charge is -2.04. The summed E-state index contributed by atoms with van der Waals surface area (Å²) in [6, 6.07) is 5.22. The predicted molar refractivity (Wildman–Crippen MR) is 75.6 cm³/mol. The Labute approximate surface area is 111 Å². The van der Waals surface area contributed by atoms with Gasteiger partial charge in [0.15, 0.2) is 5.13 Å². The Morgan fingerprint density at radius 1 is 1.39 bits per heavy atom. The molecule has 2 aromatic rings. The van der Waals surface area contributed by atoms with E-state index in [1.165, 1.54) is 6.07 Å². The van der Waals surface area contributed by atoms with Gasteiger partial charge in [-0.1, -0.05) is 26.0 Å². The summed E-state index contributed by atoms with van der Waals surface area (Å²) in [7, 11) is 0. The number of halogens is 1. The van der Waals surface area contributed by atoms with Gasteiger partial charge in [0.2, 0.25) is 0 Å². The highest BCUT2D eigenvalue weighted by molar-refractivity contribution is 7.14. The molecule has 1 heterocycles. The lowest BCUT2D eigenvalue weighted by Crippen LogP contribution is -2.07. The second kappa shape index (κ2) is 5.48. The van der Waals surface area contributed by atoms with Crippen LogP contribution in [0.25, 0.3) is 11.3 Å². The third-order valence-electron chi connectivity index (χ3n) is 2.63. The fourth-order valence-electron chi connectivity index (χ4n) is 1.53. The molecule has 1 aromatic heterocycles. The van der Waals surface area contributed by atoms with Gasteiger partial charge >= 0.3 is 0 Å². The van der Waals surface area contributed by atoms with E-state index in [2.05, 4.69) is 24.1 Å². The van der Waals surface area contributed by atoms with Crippen LogP contribution in [0.5, 0.6) is 0 Å². The topological polar surface area (TPSA) is 24.9 Å². The maximum Gasteiger partial charge on any atom is 0.183 e. The van der Waals surface area contributed by atoms with Crippen LogP contribution in [-0.2, 0) is 0 Å². The zero-order chi connectivity index (χ0) is 13.1. The Bertz CT molecular complexity index is 534. The molecule has 2 nitrogen and oxygen atoms in total. The van der Waals surface area contributed by atoms with Crippen molar-refractivity contribution in [2.24, 2.45) is 5.92 Å². The van der Waals surface area contributed by atoms with Crippen molar-refractivity contribution < 1.29 is 4.39 Å². The van der Waals surface area contributed by atoms with E-state index in [0.717, 1.165) is 22.9 Å². The lowest BCUT2D eigenvalue weighted by molar-refractivity contribution is 0.619. The molecule has 0 spiro atoms. The van der Waals surface area contributed by atoms with Gasteiger partial charge in [0.1, 0.15) is 5.82 Å². The van der Waals surface area contributed by atoms with Crippen LogP contribution in [0.3, 0.4) is 0 Å². The van der Waals surface area contributed by atoms with E-state index in [-0.39, 0.29) is 5.82 Å². The van der Waals surface area contributed by atoms with Gasteiger partial charge in [-0.2, -0.15) is 0 Å². The van der Waals surface area contributed by atoms with E-state index in [4.69, 9.17) is 0 Å². The van der Waals surface area contributed by atoms with Gasteiger partial charge in [0.05, 0.1) is 5.69 Å². The number of aromatic nitrogens is 1. The number of nitrogens with zero attached hydrogens (tertiary/aromatic N) is 1. The molecule has 0 amide bonds. The molecule has 0 aliphatic carbocycles. The zero-order valence-electron chi connectivity index (χ0n) is 10.8. The second-order valence-corrected chi connectivity index (χ2v) is 5.63. The van der Waals surface area contributed by atoms with Crippen molar-refractivity contribution in [3.05, 3.63) is 35.0 Å². The first-order valence-corrected chi connectivity index (χ1v) is 6.90. The van der Waals surface area contributed by atoms with E-state index in [0.29, 0.717) is 11.5 Å². The third kappa shape index (κ3) is 3.07. The van der Waals surface area contributed by atoms with Gasteiger partial charge in [-0.25, -0.2) is 9.37 Å². The highest BCUT2D eigenvalue weighted by Crippen LogP contribution is 2.26. The van der Waals surface area contributed by atoms with Crippen LogP contribution in [0.1, 0.15) is 19.4 Å². The van der Waals surface area contributed by atoms with Crippen LogP contribution < -0.4 is 5.32 Å². The molecule has 1 aromatic carbocycles. The molecule has 0 atom stereocenters. The van der Waals surface area contributed by atoms with Gasteiger partial charge in [-0.3, -0.25) is 0 Å². The minimum absolute atomic E-state index is 0.183. The average molecular weight is 264 g/mol. The monoisotopic (exact) mass is 264 g/mol. The smallest absolute Gasteiger partial charge is 0.183 e. The molecule has 1 N–H and O–H groups in total. The Morgan fingerprint density at radius 3 is 2.83 bits per heavy atom. The van der Waals surface area contributed by atoms with Crippen molar-refractivity contribution in [3.63, 3.8) is 0 Å². The van der Waals surface area contributed by atoms with Gasteiger partial charge in [0.25, 0.3) is 0 Å². The molecule has 96 valence electrons. The van der Waals surface area contributed by atoms with E-state index in [1.54, 1.807) is 24.3 Å². The summed E-state index contributed by atoms with van der Waals surface area (Å²) < 4.78 is 13.5. The molecule has 0 saturated heterocycles. The summed E-state index contributed by atoms with van der Waals surface area (Å²) in [6.45, 7) is 6.96. The normalized spacial score (nSPS) is 10.9. The fourth-order valence-corrected chi connectivity index (χ4v) is 2.26. The van der Waals surface area contributed by atoms with Crippen LogP contribution >= 0.6 is 11.3 Å². The summed E-state index contributed by atoms with van der Waals surface area (Å²) in [5.74, 6) is 0.395. The van der Waals surface area contributed by atoms with Crippen molar-refractivity contribution in [2.45, 2.75) is 20.8 Å². The molecule has 0 unspecified atom stereocenters. The first kappa shape index (κ1) is 13.0. The minimum Gasteiger partial charge on any atom is -0.361 e. The Kier molecular flexibility index (Phi) is 3.97. The number of anilines is 1. The molecule has 0 saturated carbocycles. The highest BCUT2D eigenvalue weighted by Gasteiger charge is 2.07. The van der Waals surface area contributed by atoms with Crippen LogP contribution in [0.4, 0.5) is 9.52 Å². The van der Waals surface area contributed by atoms with Crippen LogP contribution in [0, 0.1) is 18.7 Å². The minimum atomic E-state index is -0.183. The van der Waals surface area contributed by atoms with Crippen molar-refractivity contribution in [3.8, 4) is 11.3 Å². The van der Waals surface area contributed by atoms with Crippen molar-refractivity contribution in [1.82, 2.24) is 4.98 Å². The van der Waals surface area contributed by atoms with Gasteiger partial charge in [-0.15, -0.1) is 11.3 Å². The van der Waals surface area contributed by atoms with Crippen LogP contribution in [-0.4, -0.2) is 11.5 Å². The summed E-state index contributed by atoms with van der Waals surface area (Å²) in [6.07, 6.45) is 0. The van der Waals surface area contributed by atoms with E-state index < -0.39 is 0 Å². The van der Waals surface area contributed by atoms with Crippen LogP contribution in [0.2, 0.25) is 0 Å². The zero-order valence-corrected chi connectivity index (χ0v) is 11.6. The van der Waals surface area contributed by atoms with Gasteiger partial charge < -0.3 is 5.32 Å². The fraction of sp³-hybridized carbons (Fsp3) is 0.357. The van der Waals surface area contributed by atoms with Crippen molar-refractivity contribution in [1.29, 1.82) is 0 Å².